The molecular weight excluding hydrogens is 390 g/mol. The van der Waals surface area contributed by atoms with Crippen LogP contribution in [0, 0.1) is 5.92 Å². The highest BCUT2D eigenvalue weighted by Gasteiger charge is 2.24. The van der Waals surface area contributed by atoms with Gasteiger partial charge in [-0.15, -0.1) is 0 Å². The molecule has 0 aliphatic carbocycles. The van der Waals surface area contributed by atoms with E-state index in [1.807, 2.05) is 0 Å². The van der Waals surface area contributed by atoms with Gasteiger partial charge in [-0.1, -0.05) is 19.9 Å². The maximum atomic E-state index is 12.5. The number of benzene rings is 1. The summed E-state index contributed by atoms with van der Waals surface area (Å²) < 4.78 is 0. The fourth-order valence-corrected chi connectivity index (χ4v) is 2.78. The molecule has 0 bridgehead atoms. The van der Waals surface area contributed by atoms with Gasteiger partial charge in [0, 0.05) is 5.69 Å². The van der Waals surface area contributed by atoms with Crippen molar-refractivity contribution >= 4 is 29.6 Å². The van der Waals surface area contributed by atoms with Crippen LogP contribution in [0.2, 0.25) is 0 Å². The molecule has 0 aliphatic heterocycles. The van der Waals surface area contributed by atoms with E-state index < -0.39 is 17.5 Å². The Bertz CT molecular complexity index is 1110. The first kappa shape index (κ1) is 20.7. The highest BCUT2D eigenvalue weighted by atomic mass is 16.2. The number of anilines is 3. The van der Waals surface area contributed by atoms with Crippen molar-refractivity contribution in [3.63, 3.8) is 0 Å². The third kappa shape index (κ3) is 4.17. The molecule has 0 unspecified atom stereocenters. The van der Waals surface area contributed by atoms with Crippen molar-refractivity contribution in [2.75, 3.05) is 10.3 Å². The highest BCUT2D eigenvalue weighted by molar-refractivity contribution is 5.98. The van der Waals surface area contributed by atoms with Crippen molar-refractivity contribution in [3.8, 4) is 5.69 Å². The van der Waals surface area contributed by atoms with Crippen LogP contribution in [0.5, 0.6) is 0 Å². The minimum atomic E-state index is -0.970. The van der Waals surface area contributed by atoms with Gasteiger partial charge in [-0.2, -0.15) is 20.0 Å². The Morgan fingerprint density at radius 1 is 1.30 bits per heavy atom. The van der Waals surface area contributed by atoms with Crippen LogP contribution in [0.25, 0.3) is 5.69 Å². The molecule has 12 heteroatoms. The highest BCUT2D eigenvalue weighted by Crippen LogP contribution is 2.21. The van der Waals surface area contributed by atoms with E-state index in [4.69, 9.17) is 11.6 Å². The molecule has 1 amide bonds. The SMILES string of the molecule is CC(C)[C@H](C=O)N(N)c1nc(Nc2cccc(-n3nccn3)c2)c(C(N)=O)c(=O)[nH]1. The molecule has 0 aliphatic rings. The van der Waals surface area contributed by atoms with Crippen LogP contribution in [0.3, 0.4) is 0 Å². The average Bonchev–Trinajstić information content (AvgIpc) is 3.22. The van der Waals surface area contributed by atoms with Gasteiger partial charge < -0.3 is 15.8 Å². The van der Waals surface area contributed by atoms with Crippen molar-refractivity contribution in [1.29, 1.82) is 0 Å². The number of nitrogens with one attached hydrogen (secondary N) is 2. The Labute approximate surface area is 170 Å². The fourth-order valence-electron chi connectivity index (χ4n) is 2.78. The van der Waals surface area contributed by atoms with Crippen LogP contribution < -0.4 is 27.5 Å². The number of rotatable bonds is 8. The number of hydrogen-bond donors (Lipinski definition) is 4. The lowest BCUT2D eigenvalue weighted by Crippen LogP contribution is -2.47. The van der Waals surface area contributed by atoms with Crippen molar-refractivity contribution < 1.29 is 9.59 Å². The molecule has 156 valence electrons. The van der Waals surface area contributed by atoms with Crippen LogP contribution in [-0.4, -0.2) is 43.2 Å². The number of carbonyl (C=O) groups excluding carboxylic acids is 2. The number of nitrogens with zero attached hydrogens (tertiary/aromatic N) is 5. The number of aromatic amines is 1. The Balaban J connectivity index is 2.04. The number of hydrazine groups is 1. The number of nitrogens with two attached hydrogens (primary N) is 2. The van der Waals surface area contributed by atoms with E-state index in [9.17, 15) is 14.4 Å². The maximum Gasteiger partial charge on any atom is 0.267 e. The number of aromatic nitrogens is 5. The summed E-state index contributed by atoms with van der Waals surface area (Å²) in [5.41, 5.74) is 5.34. The molecular formula is C18H21N9O3. The number of carbonyl (C=O) groups is 2. The molecule has 2 heterocycles. The zero-order chi connectivity index (χ0) is 21.8. The molecule has 2 aromatic heterocycles. The van der Waals surface area contributed by atoms with Crippen LogP contribution in [0.1, 0.15) is 24.2 Å². The topological polar surface area (TPSA) is 178 Å². The van der Waals surface area contributed by atoms with Gasteiger partial charge >= 0.3 is 0 Å². The monoisotopic (exact) mass is 411 g/mol. The van der Waals surface area contributed by atoms with E-state index in [1.54, 1.807) is 38.1 Å². The largest absolute Gasteiger partial charge is 0.365 e. The fraction of sp³-hybridized carbons (Fsp3) is 0.222. The third-order valence-electron chi connectivity index (χ3n) is 4.30. The molecule has 3 rings (SSSR count). The molecule has 12 nitrogen and oxygen atoms in total. The van der Waals surface area contributed by atoms with Gasteiger partial charge in [0.1, 0.15) is 17.9 Å². The van der Waals surface area contributed by atoms with E-state index in [1.165, 1.54) is 17.2 Å². The van der Waals surface area contributed by atoms with E-state index in [0.717, 1.165) is 5.01 Å². The summed E-state index contributed by atoms with van der Waals surface area (Å²) in [5, 5.41) is 12.1. The Morgan fingerprint density at radius 2 is 2.00 bits per heavy atom. The first-order valence-corrected chi connectivity index (χ1v) is 8.99. The molecule has 3 aromatic rings. The smallest absolute Gasteiger partial charge is 0.267 e. The second-order valence-corrected chi connectivity index (χ2v) is 6.75. The second-order valence-electron chi connectivity index (χ2n) is 6.75. The van der Waals surface area contributed by atoms with Crippen molar-refractivity contribution in [3.05, 3.63) is 52.6 Å². The van der Waals surface area contributed by atoms with Crippen LogP contribution in [-0.2, 0) is 4.79 Å². The maximum absolute atomic E-state index is 12.5. The van der Waals surface area contributed by atoms with Gasteiger partial charge in [-0.3, -0.25) is 19.6 Å². The van der Waals surface area contributed by atoms with Gasteiger partial charge in [0.05, 0.1) is 18.1 Å². The molecule has 1 atom stereocenters. The van der Waals surface area contributed by atoms with E-state index >= 15 is 0 Å². The molecule has 0 radical (unpaired) electrons. The van der Waals surface area contributed by atoms with Crippen LogP contribution in [0.4, 0.5) is 17.5 Å². The number of primary amides is 1. The van der Waals surface area contributed by atoms with Crippen molar-refractivity contribution in [2.45, 2.75) is 19.9 Å². The predicted molar refractivity (Wildman–Crippen MR) is 109 cm³/mol. The number of H-pyrrole nitrogens is 1. The molecule has 6 N–H and O–H groups in total. The predicted octanol–water partition coefficient (Wildman–Crippen LogP) is 0.0967. The summed E-state index contributed by atoms with van der Waals surface area (Å²) in [4.78, 5) is 43.8. The summed E-state index contributed by atoms with van der Waals surface area (Å²) in [7, 11) is 0. The molecule has 0 saturated carbocycles. The minimum absolute atomic E-state index is 0.0943. The van der Waals surface area contributed by atoms with E-state index in [-0.39, 0.29) is 23.2 Å². The van der Waals surface area contributed by atoms with E-state index in [0.29, 0.717) is 17.7 Å². The van der Waals surface area contributed by atoms with Gasteiger partial charge in [-0.25, -0.2) is 5.84 Å². The third-order valence-corrected chi connectivity index (χ3v) is 4.30. The summed E-state index contributed by atoms with van der Waals surface area (Å²) >= 11 is 0. The van der Waals surface area contributed by atoms with Gasteiger partial charge in [-0.05, 0) is 24.1 Å². The van der Waals surface area contributed by atoms with Crippen LogP contribution in [0.15, 0.2) is 41.5 Å². The first-order valence-electron chi connectivity index (χ1n) is 8.99. The quantitative estimate of drug-likeness (QED) is 0.227. The normalized spacial score (nSPS) is 11.9. The minimum Gasteiger partial charge on any atom is -0.365 e. The summed E-state index contributed by atoms with van der Waals surface area (Å²) in [6.07, 6.45) is 3.72. The van der Waals surface area contributed by atoms with Gasteiger partial charge in [0.25, 0.3) is 11.5 Å². The Kier molecular flexibility index (Phi) is 5.88. The summed E-state index contributed by atoms with van der Waals surface area (Å²) in [5.74, 6) is 4.69. The molecule has 30 heavy (non-hydrogen) atoms. The Hall–Kier alpha value is -4.06. The number of amides is 1. The van der Waals surface area contributed by atoms with Crippen molar-refractivity contribution in [2.24, 2.45) is 17.5 Å². The van der Waals surface area contributed by atoms with Gasteiger partial charge in [0.15, 0.2) is 5.82 Å². The standard InChI is InChI=1S/C18H21N9O3/c1-10(2)13(9-28)26(20)18-24-16(14(15(19)29)17(30)25-18)23-11-4-3-5-12(8-11)27-21-6-7-22-27/h3-10,13H,20H2,1-2H3,(H2,19,29)(H2,23,24,25,30)/t13-/m0/s1. The zero-order valence-corrected chi connectivity index (χ0v) is 16.3. The first-order chi connectivity index (χ1) is 14.3. The lowest BCUT2D eigenvalue weighted by molar-refractivity contribution is -0.109. The lowest BCUT2D eigenvalue weighted by atomic mass is 10.1. The zero-order valence-electron chi connectivity index (χ0n) is 16.3. The van der Waals surface area contributed by atoms with Gasteiger partial charge in [0.2, 0.25) is 5.95 Å². The van der Waals surface area contributed by atoms with E-state index in [2.05, 4.69) is 25.5 Å². The van der Waals surface area contributed by atoms with Crippen molar-refractivity contribution in [1.82, 2.24) is 25.0 Å². The Morgan fingerprint density at radius 3 is 2.60 bits per heavy atom. The van der Waals surface area contributed by atoms with Crippen LogP contribution >= 0.6 is 0 Å². The summed E-state index contributed by atoms with van der Waals surface area (Å²) in [6, 6.07) is 6.15. The number of aldehydes is 1. The lowest BCUT2D eigenvalue weighted by Gasteiger charge is -2.26. The number of hydrogen-bond acceptors (Lipinski definition) is 9. The molecule has 0 spiro atoms. The average molecular weight is 411 g/mol. The molecule has 0 saturated heterocycles. The second kappa shape index (κ2) is 8.53. The summed E-state index contributed by atoms with van der Waals surface area (Å²) in [6.45, 7) is 3.59. The molecule has 0 fully saturated rings. The molecule has 1 aromatic carbocycles.